The molecule has 0 aliphatic carbocycles. The molecule has 0 spiro atoms. The number of ether oxygens (including phenoxy) is 1. The zero-order valence-electron chi connectivity index (χ0n) is 10.7. The van der Waals surface area contributed by atoms with E-state index in [1.165, 1.54) is 23.5 Å². The SMILES string of the molecule is CCCc1nc(COc2ccc(F)cc2)sc1CO. The maximum atomic E-state index is 12.7. The Balaban J connectivity index is 2.01. The quantitative estimate of drug-likeness (QED) is 0.883. The molecule has 0 saturated heterocycles. The van der Waals surface area contributed by atoms with Crippen LogP contribution in [-0.4, -0.2) is 10.1 Å². The second kappa shape index (κ2) is 6.63. The van der Waals surface area contributed by atoms with Gasteiger partial charge in [-0.05, 0) is 30.7 Å². The second-order valence-electron chi connectivity index (χ2n) is 4.13. The van der Waals surface area contributed by atoms with E-state index in [0.29, 0.717) is 12.4 Å². The van der Waals surface area contributed by atoms with Crippen LogP contribution in [-0.2, 0) is 19.6 Å². The third kappa shape index (κ3) is 3.75. The van der Waals surface area contributed by atoms with Crippen molar-refractivity contribution < 1.29 is 14.2 Å². The summed E-state index contributed by atoms with van der Waals surface area (Å²) in [5.74, 6) is 0.327. The molecule has 0 amide bonds. The first-order valence-corrected chi connectivity index (χ1v) is 7.01. The number of hydrogen-bond donors (Lipinski definition) is 1. The van der Waals surface area contributed by atoms with Crippen molar-refractivity contribution in [2.45, 2.75) is 33.0 Å². The van der Waals surface area contributed by atoms with Gasteiger partial charge in [0.2, 0.25) is 0 Å². The number of aliphatic hydroxyl groups excluding tert-OH is 1. The van der Waals surface area contributed by atoms with Crippen molar-refractivity contribution in [1.82, 2.24) is 4.98 Å². The van der Waals surface area contributed by atoms with Gasteiger partial charge < -0.3 is 9.84 Å². The Morgan fingerprint density at radius 2 is 2.05 bits per heavy atom. The smallest absolute Gasteiger partial charge is 0.140 e. The molecule has 19 heavy (non-hydrogen) atoms. The number of hydrogen-bond acceptors (Lipinski definition) is 4. The Hall–Kier alpha value is -1.46. The summed E-state index contributed by atoms with van der Waals surface area (Å²) in [6.07, 6.45) is 1.86. The molecule has 0 atom stereocenters. The molecule has 1 aromatic heterocycles. The first-order valence-electron chi connectivity index (χ1n) is 6.19. The van der Waals surface area contributed by atoms with Crippen molar-refractivity contribution in [3.63, 3.8) is 0 Å². The van der Waals surface area contributed by atoms with Gasteiger partial charge in [-0.3, -0.25) is 0 Å². The summed E-state index contributed by atoms with van der Waals surface area (Å²) in [5, 5.41) is 10.1. The summed E-state index contributed by atoms with van der Waals surface area (Å²) >= 11 is 1.46. The van der Waals surface area contributed by atoms with Crippen LogP contribution in [0, 0.1) is 5.82 Å². The van der Waals surface area contributed by atoms with Gasteiger partial charge in [0.15, 0.2) is 0 Å². The highest BCUT2D eigenvalue weighted by Gasteiger charge is 2.10. The van der Waals surface area contributed by atoms with Crippen LogP contribution in [0.5, 0.6) is 5.75 Å². The molecule has 0 radical (unpaired) electrons. The average Bonchev–Trinajstić information content (AvgIpc) is 2.81. The van der Waals surface area contributed by atoms with E-state index in [9.17, 15) is 9.50 Å². The topological polar surface area (TPSA) is 42.4 Å². The number of halogens is 1. The fraction of sp³-hybridized carbons (Fsp3) is 0.357. The number of aliphatic hydroxyl groups is 1. The number of nitrogens with zero attached hydrogens (tertiary/aromatic N) is 1. The van der Waals surface area contributed by atoms with E-state index in [1.807, 2.05) is 0 Å². The lowest BCUT2D eigenvalue weighted by Gasteiger charge is -2.03. The summed E-state index contributed by atoms with van der Waals surface area (Å²) < 4.78 is 18.3. The van der Waals surface area contributed by atoms with Gasteiger partial charge in [0.1, 0.15) is 23.2 Å². The molecule has 0 fully saturated rings. The van der Waals surface area contributed by atoms with Crippen molar-refractivity contribution in [2.24, 2.45) is 0 Å². The number of aromatic nitrogens is 1. The lowest BCUT2D eigenvalue weighted by atomic mass is 10.2. The molecule has 0 aliphatic heterocycles. The van der Waals surface area contributed by atoms with Gasteiger partial charge in [-0.25, -0.2) is 9.37 Å². The Bertz CT molecular complexity index is 525. The highest BCUT2D eigenvalue weighted by Crippen LogP contribution is 2.22. The predicted octanol–water partition coefficient (Wildman–Crippen LogP) is 3.31. The van der Waals surface area contributed by atoms with Gasteiger partial charge in [-0.2, -0.15) is 0 Å². The molecule has 3 nitrogen and oxygen atoms in total. The highest BCUT2D eigenvalue weighted by atomic mass is 32.1. The Morgan fingerprint density at radius 3 is 2.68 bits per heavy atom. The first kappa shape index (κ1) is 14.0. The summed E-state index contributed by atoms with van der Waals surface area (Å²) in [6.45, 7) is 2.44. The third-order valence-electron chi connectivity index (χ3n) is 2.63. The van der Waals surface area contributed by atoms with Gasteiger partial charge in [0.25, 0.3) is 0 Å². The van der Waals surface area contributed by atoms with Gasteiger partial charge >= 0.3 is 0 Å². The van der Waals surface area contributed by atoms with Gasteiger partial charge in [0.05, 0.1) is 17.2 Å². The lowest BCUT2D eigenvalue weighted by molar-refractivity contribution is 0.284. The van der Waals surface area contributed by atoms with Crippen LogP contribution in [0.2, 0.25) is 0 Å². The minimum absolute atomic E-state index is 0.0174. The van der Waals surface area contributed by atoms with Crippen molar-refractivity contribution in [1.29, 1.82) is 0 Å². The van der Waals surface area contributed by atoms with E-state index in [-0.39, 0.29) is 12.4 Å². The largest absolute Gasteiger partial charge is 0.486 e. The highest BCUT2D eigenvalue weighted by molar-refractivity contribution is 7.11. The summed E-state index contributed by atoms with van der Waals surface area (Å²) in [5.41, 5.74) is 0.952. The minimum atomic E-state index is -0.283. The fourth-order valence-electron chi connectivity index (χ4n) is 1.73. The molecular weight excluding hydrogens is 265 g/mol. The minimum Gasteiger partial charge on any atom is -0.486 e. The molecule has 1 N–H and O–H groups in total. The van der Waals surface area contributed by atoms with Crippen LogP contribution in [0.15, 0.2) is 24.3 Å². The van der Waals surface area contributed by atoms with E-state index < -0.39 is 0 Å². The molecular formula is C14H16FNO2S. The molecule has 0 aliphatic rings. The zero-order valence-corrected chi connectivity index (χ0v) is 11.5. The molecule has 2 rings (SSSR count). The number of thiazole rings is 1. The maximum absolute atomic E-state index is 12.7. The van der Waals surface area contributed by atoms with Gasteiger partial charge in [-0.15, -0.1) is 11.3 Å². The third-order valence-corrected chi connectivity index (χ3v) is 3.68. The van der Waals surface area contributed by atoms with Gasteiger partial charge in [0, 0.05) is 0 Å². The van der Waals surface area contributed by atoms with Crippen LogP contribution in [0.25, 0.3) is 0 Å². The summed E-state index contributed by atoms with van der Waals surface area (Å²) in [7, 11) is 0. The van der Waals surface area contributed by atoms with E-state index in [2.05, 4.69) is 11.9 Å². The number of benzene rings is 1. The van der Waals surface area contributed by atoms with E-state index >= 15 is 0 Å². The van der Waals surface area contributed by atoms with E-state index in [4.69, 9.17) is 4.74 Å². The van der Waals surface area contributed by atoms with Crippen LogP contribution >= 0.6 is 11.3 Å². The Morgan fingerprint density at radius 1 is 1.32 bits per heavy atom. The van der Waals surface area contributed by atoms with Crippen LogP contribution in [0.4, 0.5) is 4.39 Å². The zero-order chi connectivity index (χ0) is 13.7. The summed E-state index contributed by atoms with van der Waals surface area (Å²) in [6, 6.07) is 5.89. The first-order chi connectivity index (χ1) is 9.22. The van der Waals surface area contributed by atoms with Crippen molar-refractivity contribution in [3.8, 4) is 5.75 Å². The Labute approximate surface area is 115 Å². The predicted molar refractivity (Wildman–Crippen MR) is 72.8 cm³/mol. The van der Waals surface area contributed by atoms with Crippen LogP contribution in [0.1, 0.15) is 28.9 Å². The fourth-order valence-corrected chi connectivity index (χ4v) is 2.62. The average molecular weight is 281 g/mol. The van der Waals surface area contributed by atoms with Crippen LogP contribution in [0.3, 0.4) is 0 Å². The van der Waals surface area contributed by atoms with Crippen molar-refractivity contribution >= 4 is 11.3 Å². The summed E-state index contributed by atoms with van der Waals surface area (Å²) in [4.78, 5) is 5.37. The lowest BCUT2D eigenvalue weighted by Crippen LogP contribution is -1.95. The molecule has 0 unspecified atom stereocenters. The van der Waals surface area contributed by atoms with E-state index in [1.54, 1.807) is 12.1 Å². The van der Waals surface area contributed by atoms with E-state index in [0.717, 1.165) is 28.4 Å². The second-order valence-corrected chi connectivity index (χ2v) is 5.30. The molecule has 5 heteroatoms. The normalized spacial score (nSPS) is 10.7. The van der Waals surface area contributed by atoms with Gasteiger partial charge in [-0.1, -0.05) is 13.3 Å². The molecule has 0 bridgehead atoms. The Kier molecular flexibility index (Phi) is 4.87. The molecule has 2 aromatic rings. The molecule has 0 saturated carbocycles. The number of aryl methyl sites for hydroxylation is 1. The monoisotopic (exact) mass is 281 g/mol. The van der Waals surface area contributed by atoms with Crippen molar-refractivity contribution in [3.05, 3.63) is 45.7 Å². The maximum Gasteiger partial charge on any atom is 0.140 e. The molecule has 1 aromatic carbocycles. The van der Waals surface area contributed by atoms with Crippen LogP contribution < -0.4 is 4.74 Å². The van der Waals surface area contributed by atoms with Crippen molar-refractivity contribution in [2.75, 3.05) is 0 Å². The molecule has 1 heterocycles. The standard InChI is InChI=1S/C14H16FNO2S/c1-2-3-12-13(8-17)19-14(16-12)9-18-11-6-4-10(15)5-7-11/h4-7,17H,2-3,8-9H2,1H3. The number of rotatable bonds is 6. The molecule has 102 valence electrons.